The molecule has 7 nitrogen and oxygen atoms in total. The summed E-state index contributed by atoms with van der Waals surface area (Å²) in [4.78, 5) is 9.89. The lowest BCUT2D eigenvalue weighted by Crippen LogP contribution is -2.27. The average molecular weight is 361 g/mol. The molecule has 27 heavy (non-hydrogen) atoms. The first-order valence-corrected chi connectivity index (χ1v) is 9.75. The Balaban J connectivity index is 1.32. The fourth-order valence-electron chi connectivity index (χ4n) is 4.78. The van der Waals surface area contributed by atoms with E-state index in [-0.39, 0.29) is 5.92 Å². The van der Waals surface area contributed by atoms with E-state index in [1.165, 1.54) is 5.70 Å². The van der Waals surface area contributed by atoms with E-state index in [2.05, 4.69) is 43.9 Å². The van der Waals surface area contributed by atoms with E-state index in [9.17, 15) is 0 Å². The van der Waals surface area contributed by atoms with Crippen molar-refractivity contribution < 1.29 is 0 Å². The zero-order chi connectivity index (χ0) is 18.4. The predicted molar refractivity (Wildman–Crippen MR) is 102 cm³/mol. The molecule has 0 bridgehead atoms. The lowest BCUT2D eigenvalue weighted by atomic mass is 9.78. The Morgan fingerprint density at radius 3 is 2.89 bits per heavy atom. The molecule has 2 aliphatic rings. The van der Waals surface area contributed by atoms with Crippen LogP contribution in [0.3, 0.4) is 0 Å². The highest BCUT2D eigenvalue weighted by molar-refractivity contribution is 5.92. The first-order chi connectivity index (χ1) is 13.2. The summed E-state index contributed by atoms with van der Waals surface area (Å²) in [6.45, 7) is 6.20. The number of hydrogen-bond acceptors (Lipinski definition) is 5. The first kappa shape index (κ1) is 16.3. The van der Waals surface area contributed by atoms with E-state index < -0.39 is 0 Å². The third-order valence-corrected chi connectivity index (χ3v) is 6.36. The normalized spacial score (nSPS) is 25.9. The standard InChI is InChI=1S/C20H23N7/c1-13(26-9-7-14(10-21)11-26)15-2-4-16(5-3-15)18-19-17-6-8-22-20(17)23-12-27(19)25-24-18/h6,8,12,14-16,22H,1-5,7,9,11H2/t14-,15?,16?/m1/s1. The SMILES string of the molecule is C=C(C1CCC(c2nnn3cnc4[nH]ccc4c23)CC1)N1CC[C@H](C#N)C1. The van der Waals surface area contributed by atoms with Crippen molar-refractivity contribution in [3.8, 4) is 6.07 Å². The number of allylic oxidation sites excluding steroid dienone is 1. The highest BCUT2D eigenvalue weighted by atomic mass is 15.4. The van der Waals surface area contributed by atoms with Crippen LogP contribution >= 0.6 is 0 Å². The van der Waals surface area contributed by atoms with Crippen molar-refractivity contribution in [1.82, 2.24) is 29.7 Å². The molecule has 1 aliphatic carbocycles. The van der Waals surface area contributed by atoms with Crippen LogP contribution in [0.5, 0.6) is 0 Å². The van der Waals surface area contributed by atoms with Gasteiger partial charge in [0.1, 0.15) is 17.5 Å². The second kappa shape index (κ2) is 6.38. The van der Waals surface area contributed by atoms with E-state index in [4.69, 9.17) is 5.26 Å². The number of hydrogen-bond donors (Lipinski definition) is 1. The van der Waals surface area contributed by atoms with Crippen LogP contribution in [0.25, 0.3) is 16.6 Å². The molecule has 0 spiro atoms. The summed E-state index contributed by atoms with van der Waals surface area (Å²) in [7, 11) is 0. The Kier molecular flexibility index (Phi) is 3.85. The Morgan fingerprint density at radius 1 is 1.26 bits per heavy atom. The fraction of sp³-hybridized carbons (Fsp3) is 0.500. The van der Waals surface area contributed by atoms with Crippen LogP contribution in [0.2, 0.25) is 0 Å². The number of nitriles is 1. The van der Waals surface area contributed by atoms with Crippen LogP contribution in [0, 0.1) is 23.2 Å². The van der Waals surface area contributed by atoms with Crippen molar-refractivity contribution in [3.05, 3.63) is 36.6 Å². The van der Waals surface area contributed by atoms with E-state index in [0.29, 0.717) is 11.8 Å². The summed E-state index contributed by atoms with van der Waals surface area (Å²) < 4.78 is 1.79. The number of rotatable bonds is 3. The topological polar surface area (TPSA) is 85.9 Å². The number of H-pyrrole nitrogens is 1. The van der Waals surface area contributed by atoms with Gasteiger partial charge in [-0.1, -0.05) is 11.8 Å². The van der Waals surface area contributed by atoms with Crippen LogP contribution in [-0.2, 0) is 0 Å². The predicted octanol–water partition coefficient (Wildman–Crippen LogP) is 3.24. The molecule has 3 aromatic rings. The number of aromatic amines is 1. The molecular weight excluding hydrogens is 338 g/mol. The molecule has 1 atom stereocenters. The minimum Gasteiger partial charge on any atom is -0.374 e. The van der Waals surface area contributed by atoms with Gasteiger partial charge >= 0.3 is 0 Å². The lowest BCUT2D eigenvalue weighted by molar-refractivity contribution is 0.285. The van der Waals surface area contributed by atoms with Crippen LogP contribution in [-0.4, -0.2) is 42.8 Å². The molecule has 4 heterocycles. The Morgan fingerprint density at radius 2 is 2.11 bits per heavy atom. The molecule has 0 unspecified atom stereocenters. The van der Waals surface area contributed by atoms with E-state index in [0.717, 1.165) is 67.4 Å². The Labute approximate surface area is 157 Å². The first-order valence-electron chi connectivity index (χ1n) is 9.75. The largest absolute Gasteiger partial charge is 0.374 e. The molecule has 1 N–H and O–H groups in total. The van der Waals surface area contributed by atoms with Gasteiger partial charge < -0.3 is 9.88 Å². The molecular formula is C20H23N7. The minimum atomic E-state index is 0.165. The summed E-state index contributed by atoms with van der Waals surface area (Å²) in [6, 6.07) is 4.45. The third-order valence-electron chi connectivity index (χ3n) is 6.36. The van der Waals surface area contributed by atoms with Crippen molar-refractivity contribution in [2.75, 3.05) is 13.1 Å². The number of nitrogens with one attached hydrogen (secondary N) is 1. The van der Waals surface area contributed by atoms with Gasteiger partial charge in [-0.25, -0.2) is 9.50 Å². The zero-order valence-corrected chi connectivity index (χ0v) is 15.3. The third kappa shape index (κ3) is 2.67. The molecule has 2 fully saturated rings. The summed E-state index contributed by atoms with van der Waals surface area (Å²) >= 11 is 0. The molecule has 138 valence electrons. The maximum Gasteiger partial charge on any atom is 0.141 e. The van der Waals surface area contributed by atoms with Gasteiger partial charge in [-0.05, 0) is 44.1 Å². The average Bonchev–Trinajstić information content (AvgIpc) is 3.45. The van der Waals surface area contributed by atoms with E-state index >= 15 is 0 Å². The highest BCUT2D eigenvalue weighted by Gasteiger charge is 2.31. The monoisotopic (exact) mass is 361 g/mol. The molecule has 0 amide bonds. The number of aromatic nitrogens is 5. The second-order valence-corrected chi connectivity index (χ2v) is 7.85. The van der Waals surface area contributed by atoms with E-state index in [1.807, 2.05) is 6.20 Å². The van der Waals surface area contributed by atoms with Crippen molar-refractivity contribution in [2.45, 2.75) is 38.0 Å². The molecule has 7 heteroatoms. The molecule has 0 aromatic carbocycles. The maximum atomic E-state index is 9.13. The number of nitrogens with zero attached hydrogens (tertiary/aromatic N) is 6. The maximum absolute atomic E-state index is 9.13. The second-order valence-electron chi connectivity index (χ2n) is 7.85. The van der Waals surface area contributed by atoms with Crippen LogP contribution in [0.1, 0.15) is 43.7 Å². The van der Waals surface area contributed by atoms with E-state index in [1.54, 1.807) is 10.8 Å². The molecule has 1 saturated carbocycles. The molecule has 1 saturated heterocycles. The quantitative estimate of drug-likeness (QED) is 0.774. The van der Waals surface area contributed by atoms with Gasteiger partial charge in [-0.15, -0.1) is 5.10 Å². The summed E-state index contributed by atoms with van der Waals surface area (Å²) in [6.07, 6.45) is 9.06. The van der Waals surface area contributed by atoms with Crippen molar-refractivity contribution >= 4 is 16.6 Å². The van der Waals surface area contributed by atoms with Crippen LogP contribution < -0.4 is 0 Å². The summed E-state index contributed by atoms with van der Waals surface area (Å²) in [5.41, 5.74) is 4.29. The van der Waals surface area contributed by atoms with Gasteiger partial charge in [0.25, 0.3) is 0 Å². The molecule has 5 rings (SSSR count). The summed E-state index contributed by atoms with van der Waals surface area (Å²) in [5, 5.41) is 19.0. The Hall–Kier alpha value is -2.88. The van der Waals surface area contributed by atoms with Gasteiger partial charge in [0.05, 0.1) is 17.7 Å². The number of fused-ring (bicyclic) bond motifs is 3. The van der Waals surface area contributed by atoms with Gasteiger partial charge in [0, 0.05) is 36.3 Å². The van der Waals surface area contributed by atoms with Crippen LogP contribution in [0.15, 0.2) is 30.9 Å². The van der Waals surface area contributed by atoms with Crippen molar-refractivity contribution in [1.29, 1.82) is 5.26 Å². The molecule has 1 aliphatic heterocycles. The number of likely N-dealkylation sites (tertiary alicyclic amines) is 1. The van der Waals surface area contributed by atoms with Crippen LogP contribution in [0.4, 0.5) is 0 Å². The Bertz CT molecular complexity index is 1030. The highest BCUT2D eigenvalue weighted by Crippen LogP contribution is 2.41. The molecule has 3 aromatic heterocycles. The van der Waals surface area contributed by atoms with Gasteiger partial charge in [-0.2, -0.15) is 5.26 Å². The zero-order valence-electron chi connectivity index (χ0n) is 15.3. The smallest absolute Gasteiger partial charge is 0.141 e. The van der Waals surface area contributed by atoms with Gasteiger partial charge in [-0.3, -0.25) is 0 Å². The minimum absolute atomic E-state index is 0.165. The summed E-state index contributed by atoms with van der Waals surface area (Å²) in [5.74, 6) is 1.12. The van der Waals surface area contributed by atoms with Gasteiger partial charge in [0.2, 0.25) is 0 Å². The lowest BCUT2D eigenvalue weighted by Gasteiger charge is -2.33. The molecule has 0 radical (unpaired) electrons. The van der Waals surface area contributed by atoms with Gasteiger partial charge in [0.15, 0.2) is 0 Å². The van der Waals surface area contributed by atoms with Crippen molar-refractivity contribution in [3.63, 3.8) is 0 Å². The fourth-order valence-corrected chi connectivity index (χ4v) is 4.78. The van der Waals surface area contributed by atoms with Crippen molar-refractivity contribution in [2.24, 2.45) is 11.8 Å².